The molecule has 210 valence electrons. The van der Waals surface area contributed by atoms with Gasteiger partial charge in [-0.3, -0.25) is 0 Å². The van der Waals surface area contributed by atoms with Gasteiger partial charge in [-0.05, 0) is 52.8 Å². The molecule has 12 rings (SSSR count). The van der Waals surface area contributed by atoms with Crippen molar-refractivity contribution >= 4 is 88.5 Å². The average molecular weight is 581 g/mol. The van der Waals surface area contributed by atoms with E-state index in [1.54, 1.807) is 0 Å². The van der Waals surface area contributed by atoms with Gasteiger partial charge in [0.25, 0.3) is 6.71 Å². The predicted octanol–water partition coefficient (Wildman–Crippen LogP) is 8.12. The van der Waals surface area contributed by atoms with Crippen LogP contribution >= 0.6 is 0 Å². The number of aromatic nitrogens is 3. The monoisotopic (exact) mass is 581 g/mol. The van der Waals surface area contributed by atoms with Crippen LogP contribution in [0.4, 0.5) is 0 Å². The second-order valence-electron chi connectivity index (χ2n) is 12.8. The summed E-state index contributed by atoms with van der Waals surface area (Å²) < 4.78 is 7.71. The summed E-state index contributed by atoms with van der Waals surface area (Å²) >= 11 is 0. The van der Waals surface area contributed by atoms with Crippen LogP contribution in [0.15, 0.2) is 146 Å². The quantitative estimate of drug-likeness (QED) is 0.174. The summed E-state index contributed by atoms with van der Waals surface area (Å²) in [4.78, 5) is 0. The zero-order valence-electron chi connectivity index (χ0n) is 24.8. The Balaban J connectivity index is 1.49. The molecule has 2 aliphatic rings. The number of para-hydroxylation sites is 6. The van der Waals surface area contributed by atoms with Gasteiger partial charge in [0, 0.05) is 49.2 Å². The Bertz CT molecular complexity index is 2980. The SMILES string of the molecule is c1ccc(-n2c3ccccc3c3c4c5c6c(c7ccccc7n6-c6ccccc6B5c5cccc6c7ccccc7n-4c56)c32)cc1. The smallest absolute Gasteiger partial charge is 0.252 e. The highest BCUT2D eigenvalue weighted by atomic mass is 15.1. The summed E-state index contributed by atoms with van der Waals surface area (Å²) in [6.45, 7) is 0.120. The Morgan fingerprint density at radius 3 is 1.76 bits per heavy atom. The maximum atomic E-state index is 2.62. The molecule has 0 fully saturated rings. The molecule has 2 aliphatic heterocycles. The van der Waals surface area contributed by atoms with E-state index in [0.717, 1.165) is 0 Å². The highest BCUT2D eigenvalue weighted by molar-refractivity contribution is 7.00. The highest BCUT2D eigenvalue weighted by Crippen LogP contribution is 2.47. The summed E-state index contributed by atoms with van der Waals surface area (Å²) in [5, 5.41) is 7.86. The van der Waals surface area contributed by atoms with Crippen molar-refractivity contribution in [3.63, 3.8) is 0 Å². The lowest BCUT2D eigenvalue weighted by atomic mass is 9.34. The van der Waals surface area contributed by atoms with Crippen molar-refractivity contribution in [2.24, 2.45) is 0 Å². The van der Waals surface area contributed by atoms with E-state index in [1.165, 1.54) is 98.9 Å². The first kappa shape index (κ1) is 23.4. The van der Waals surface area contributed by atoms with Crippen LogP contribution in [0.2, 0.25) is 0 Å². The average Bonchev–Trinajstić information content (AvgIpc) is 3.77. The number of benzene rings is 7. The molecule has 0 atom stereocenters. The molecule has 7 aromatic carbocycles. The van der Waals surface area contributed by atoms with Gasteiger partial charge in [0.1, 0.15) is 0 Å². The number of rotatable bonds is 1. The standard InChI is InChI=1S/C42H24BN3/c1-2-13-25(14-3-1)44-33-22-9-5-16-28(33)37-40(44)36-29-17-6-10-23-34(29)45-35-24-11-7-19-30(35)43-31-20-12-18-27-26-15-4-8-21-32(26)46(39(27)31)42(37)38(43)41(36)45/h1-24H. The van der Waals surface area contributed by atoms with Crippen LogP contribution in [0.25, 0.3) is 82.5 Å². The van der Waals surface area contributed by atoms with Crippen LogP contribution in [-0.4, -0.2) is 20.4 Å². The molecule has 0 unspecified atom stereocenters. The third-order valence-corrected chi connectivity index (χ3v) is 10.8. The molecule has 0 radical (unpaired) electrons. The van der Waals surface area contributed by atoms with Crippen LogP contribution in [-0.2, 0) is 0 Å². The lowest BCUT2D eigenvalue weighted by Crippen LogP contribution is -2.59. The molecule has 3 nitrogen and oxygen atoms in total. The fourth-order valence-electron chi connectivity index (χ4n) is 9.22. The molecule has 10 aromatic rings. The van der Waals surface area contributed by atoms with Gasteiger partial charge in [-0.15, -0.1) is 0 Å². The first-order valence-corrected chi connectivity index (χ1v) is 16.1. The molecule has 0 saturated heterocycles. The van der Waals surface area contributed by atoms with Crippen LogP contribution in [0.5, 0.6) is 0 Å². The van der Waals surface area contributed by atoms with E-state index in [2.05, 4.69) is 159 Å². The predicted molar refractivity (Wildman–Crippen MR) is 194 cm³/mol. The minimum Gasteiger partial charge on any atom is -0.310 e. The fourth-order valence-corrected chi connectivity index (χ4v) is 9.22. The van der Waals surface area contributed by atoms with E-state index in [4.69, 9.17) is 0 Å². The van der Waals surface area contributed by atoms with Gasteiger partial charge < -0.3 is 13.7 Å². The molecule has 4 heteroatoms. The van der Waals surface area contributed by atoms with Crippen molar-refractivity contribution in [1.29, 1.82) is 0 Å². The summed E-state index contributed by atoms with van der Waals surface area (Å²) in [7, 11) is 0. The van der Waals surface area contributed by atoms with E-state index in [9.17, 15) is 0 Å². The molecule has 3 aromatic heterocycles. The summed E-state index contributed by atoms with van der Waals surface area (Å²) in [5.41, 5.74) is 15.6. The Kier molecular flexibility index (Phi) is 4.06. The Labute approximate surface area is 264 Å². The van der Waals surface area contributed by atoms with Crippen molar-refractivity contribution < 1.29 is 0 Å². The van der Waals surface area contributed by atoms with Crippen LogP contribution in [0.3, 0.4) is 0 Å². The lowest BCUT2D eigenvalue weighted by molar-refractivity contribution is 1.16. The van der Waals surface area contributed by atoms with Crippen LogP contribution in [0, 0.1) is 0 Å². The molecular weight excluding hydrogens is 557 g/mol. The Morgan fingerprint density at radius 1 is 0.370 bits per heavy atom. The van der Waals surface area contributed by atoms with E-state index in [1.807, 2.05) is 0 Å². The number of fused-ring (bicyclic) bond motifs is 16. The summed E-state index contributed by atoms with van der Waals surface area (Å²) in [6, 6.07) is 54.0. The van der Waals surface area contributed by atoms with Gasteiger partial charge in [-0.1, -0.05) is 109 Å². The number of nitrogens with zero attached hydrogens (tertiary/aromatic N) is 3. The van der Waals surface area contributed by atoms with Gasteiger partial charge in [0.05, 0.1) is 33.3 Å². The van der Waals surface area contributed by atoms with Gasteiger partial charge in [-0.2, -0.15) is 0 Å². The van der Waals surface area contributed by atoms with E-state index < -0.39 is 0 Å². The van der Waals surface area contributed by atoms with Crippen molar-refractivity contribution in [2.45, 2.75) is 0 Å². The molecule has 0 spiro atoms. The number of hydrogen-bond acceptors (Lipinski definition) is 0. The lowest BCUT2D eigenvalue weighted by Gasteiger charge is -2.34. The maximum Gasteiger partial charge on any atom is 0.252 e. The zero-order valence-corrected chi connectivity index (χ0v) is 24.8. The minimum absolute atomic E-state index is 0.120. The van der Waals surface area contributed by atoms with Gasteiger partial charge in [0.2, 0.25) is 0 Å². The van der Waals surface area contributed by atoms with Gasteiger partial charge in [0.15, 0.2) is 0 Å². The largest absolute Gasteiger partial charge is 0.310 e. The van der Waals surface area contributed by atoms with E-state index >= 15 is 0 Å². The van der Waals surface area contributed by atoms with Gasteiger partial charge in [-0.25, -0.2) is 0 Å². The van der Waals surface area contributed by atoms with E-state index in [-0.39, 0.29) is 6.71 Å². The summed E-state index contributed by atoms with van der Waals surface area (Å²) in [6.07, 6.45) is 0. The molecular formula is C42H24BN3. The summed E-state index contributed by atoms with van der Waals surface area (Å²) in [5.74, 6) is 0. The van der Waals surface area contributed by atoms with E-state index in [0.29, 0.717) is 0 Å². The maximum absolute atomic E-state index is 2.62. The molecule has 46 heavy (non-hydrogen) atoms. The van der Waals surface area contributed by atoms with Crippen molar-refractivity contribution in [3.8, 4) is 17.1 Å². The number of hydrogen-bond donors (Lipinski definition) is 0. The zero-order chi connectivity index (χ0) is 29.7. The first-order chi connectivity index (χ1) is 22.9. The normalized spacial score (nSPS) is 13.2. The molecule has 0 aliphatic carbocycles. The second kappa shape index (κ2) is 7.98. The van der Waals surface area contributed by atoms with Gasteiger partial charge >= 0.3 is 0 Å². The molecule has 0 bridgehead atoms. The second-order valence-corrected chi connectivity index (χ2v) is 12.8. The fraction of sp³-hybridized carbons (Fsp3) is 0. The van der Waals surface area contributed by atoms with Crippen molar-refractivity contribution in [1.82, 2.24) is 13.7 Å². The van der Waals surface area contributed by atoms with Crippen molar-refractivity contribution in [3.05, 3.63) is 146 Å². The molecule has 0 saturated carbocycles. The third-order valence-electron chi connectivity index (χ3n) is 10.8. The highest BCUT2D eigenvalue weighted by Gasteiger charge is 2.42. The van der Waals surface area contributed by atoms with Crippen LogP contribution in [0.1, 0.15) is 0 Å². The van der Waals surface area contributed by atoms with Crippen LogP contribution < -0.4 is 16.4 Å². The van der Waals surface area contributed by atoms with Crippen molar-refractivity contribution in [2.75, 3.05) is 0 Å². The third kappa shape index (κ3) is 2.51. The molecule has 5 heterocycles. The Morgan fingerprint density at radius 2 is 0.957 bits per heavy atom. The Hall–Kier alpha value is -6.00. The molecule has 0 amide bonds. The minimum atomic E-state index is 0.120. The molecule has 0 N–H and O–H groups in total. The topological polar surface area (TPSA) is 14.8 Å². The first-order valence-electron chi connectivity index (χ1n) is 16.1.